The second kappa shape index (κ2) is 6.10. The Morgan fingerprint density at radius 2 is 2.15 bits per heavy atom. The highest BCUT2D eigenvalue weighted by atomic mass is 16.5. The van der Waals surface area contributed by atoms with Crippen molar-refractivity contribution in [3.8, 4) is 11.3 Å². The maximum Gasteiger partial charge on any atom is 0.330 e. The van der Waals surface area contributed by atoms with Crippen LogP contribution in [0.3, 0.4) is 0 Å². The van der Waals surface area contributed by atoms with Gasteiger partial charge < -0.3 is 14.9 Å². The summed E-state index contributed by atoms with van der Waals surface area (Å²) in [6.45, 7) is 4.07. The van der Waals surface area contributed by atoms with Crippen molar-refractivity contribution in [3.63, 3.8) is 0 Å². The Hall–Kier alpha value is -2.49. The first-order valence-electron chi connectivity index (χ1n) is 6.42. The van der Waals surface area contributed by atoms with Crippen molar-refractivity contribution in [2.45, 2.75) is 13.8 Å². The molecule has 20 heavy (non-hydrogen) atoms. The number of carbonyl (C=O) groups is 1. The molecule has 0 aliphatic rings. The number of nitrogen functional groups attached to an aromatic ring is 1. The van der Waals surface area contributed by atoms with Crippen LogP contribution < -0.4 is 5.73 Å². The Bertz CT molecular complexity index is 641. The molecule has 4 heteroatoms. The van der Waals surface area contributed by atoms with Gasteiger partial charge >= 0.3 is 5.97 Å². The zero-order chi connectivity index (χ0) is 14.5. The van der Waals surface area contributed by atoms with Gasteiger partial charge in [-0.3, -0.25) is 0 Å². The predicted molar refractivity (Wildman–Crippen MR) is 79.0 cm³/mol. The van der Waals surface area contributed by atoms with E-state index >= 15 is 0 Å². The minimum Gasteiger partial charge on any atom is -0.463 e. The lowest BCUT2D eigenvalue weighted by Crippen LogP contribution is -1.98. The molecule has 1 heterocycles. The number of ether oxygens (including phenoxy) is 1. The van der Waals surface area contributed by atoms with Gasteiger partial charge in [0.25, 0.3) is 0 Å². The molecule has 1 aromatic carbocycles. The molecule has 0 atom stereocenters. The highest BCUT2D eigenvalue weighted by Crippen LogP contribution is 2.28. The summed E-state index contributed by atoms with van der Waals surface area (Å²) in [7, 11) is 0. The van der Waals surface area contributed by atoms with Gasteiger partial charge in [-0.05, 0) is 43.7 Å². The first-order valence-corrected chi connectivity index (χ1v) is 6.42. The van der Waals surface area contributed by atoms with Gasteiger partial charge in [0.05, 0.1) is 6.61 Å². The lowest BCUT2D eigenvalue weighted by atomic mass is 10.1. The van der Waals surface area contributed by atoms with Crippen molar-refractivity contribution in [3.05, 3.63) is 47.7 Å². The largest absolute Gasteiger partial charge is 0.463 e. The van der Waals surface area contributed by atoms with Crippen molar-refractivity contribution in [2.75, 3.05) is 12.3 Å². The summed E-state index contributed by atoms with van der Waals surface area (Å²) >= 11 is 0. The van der Waals surface area contributed by atoms with E-state index in [9.17, 15) is 4.79 Å². The molecular formula is C16H17NO3. The summed E-state index contributed by atoms with van der Waals surface area (Å²) in [5.74, 6) is 0.929. The van der Waals surface area contributed by atoms with E-state index in [4.69, 9.17) is 14.9 Å². The fraction of sp³-hybridized carbons (Fsp3) is 0.188. The van der Waals surface area contributed by atoms with E-state index in [1.807, 2.05) is 31.2 Å². The van der Waals surface area contributed by atoms with E-state index in [1.165, 1.54) is 6.08 Å². The van der Waals surface area contributed by atoms with Crippen molar-refractivity contribution >= 4 is 17.7 Å². The molecule has 2 aromatic rings. The molecule has 0 aliphatic heterocycles. The number of esters is 1. The zero-order valence-corrected chi connectivity index (χ0v) is 11.6. The predicted octanol–water partition coefficient (Wildman–Crippen LogP) is 3.41. The van der Waals surface area contributed by atoms with Crippen LogP contribution in [0.1, 0.15) is 18.2 Å². The van der Waals surface area contributed by atoms with Gasteiger partial charge in [-0.25, -0.2) is 4.79 Å². The van der Waals surface area contributed by atoms with Crippen LogP contribution in [0.5, 0.6) is 0 Å². The molecule has 0 amide bonds. The lowest BCUT2D eigenvalue weighted by Gasteiger charge is -2.05. The third-order valence-corrected chi connectivity index (χ3v) is 2.94. The van der Waals surface area contributed by atoms with Crippen LogP contribution in [-0.2, 0) is 9.53 Å². The molecule has 0 saturated heterocycles. The second-order valence-corrected chi connectivity index (χ2v) is 4.31. The molecule has 0 spiro atoms. The zero-order valence-electron chi connectivity index (χ0n) is 11.6. The maximum atomic E-state index is 11.2. The SMILES string of the molecule is CCOC(=O)/C=C/c1ccc(-c2cccc(N)c2C)o1. The molecule has 4 nitrogen and oxygen atoms in total. The van der Waals surface area contributed by atoms with Gasteiger partial charge in [-0.1, -0.05) is 12.1 Å². The molecule has 104 valence electrons. The summed E-state index contributed by atoms with van der Waals surface area (Å²) in [5.41, 5.74) is 8.52. The van der Waals surface area contributed by atoms with E-state index < -0.39 is 0 Å². The van der Waals surface area contributed by atoms with E-state index in [0.717, 1.165) is 22.6 Å². The second-order valence-electron chi connectivity index (χ2n) is 4.31. The lowest BCUT2D eigenvalue weighted by molar-refractivity contribution is -0.137. The fourth-order valence-corrected chi connectivity index (χ4v) is 1.85. The third-order valence-electron chi connectivity index (χ3n) is 2.94. The summed E-state index contributed by atoms with van der Waals surface area (Å²) in [4.78, 5) is 11.2. The molecule has 0 unspecified atom stereocenters. The summed E-state index contributed by atoms with van der Waals surface area (Å²) in [5, 5.41) is 0. The van der Waals surface area contributed by atoms with Crippen molar-refractivity contribution < 1.29 is 13.9 Å². The van der Waals surface area contributed by atoms with Crippen LogP contribution >= 0.6 is 0 Å². The minimum absolute atomic E-state index is 0.356. The molecule has 0 radical (unpaired) electrons. The van der Waals surface area contributed by atoms with Crippen LogP contribution in [0.25, 0.3) is 17.4 Å². The summed E-state index contributed by atoms with van der Waals surface area (Å²) in [6.07, 6.45) is 2.93. The van der Waals surface area contributed by atoms with Crippen LogP contribution in [0.4, 0.5) is 5.69 Å². The van der Waals surface area contributed by atoms with E-state index in [0.29, 0.717) is 12.4 Å². The Labute approximate surface area is 117 Å². The number of furan rings is 1. The maximum absolute atomic E-state index is 11.2. The number of carbonyl (C=O) groups excluding carboxylic acids is 1. The van der Waals surface area contributed by atoms with Crippen molar-refractivity contribution in [1.82, 2.24) is 0 Å². The fourth-order valence-electron chi connectivity index (χ4n) is 1.85. The van der Waals surface area contributed by atoms with Gasteiger partial charge in [0.1, 0.15) is 11.5 Å². The monoisotopic (exact) mass is 271 g/mol. The van der Waals surface area contributed by atoms with E-state index in [1.54, 1.807) is 19.1 Å². The molecule has 0 saturated carbocycles. The van der Waals surface area contributed by atoms with Crippen LogP contribution in [0.15, 0.2) is 40.8 Å². The smallest absolute Gasteiger partial charge is 0.330 e. The molecule has 0 fully saturated rings. The van der Waals surface area contributed by atoms with Gasteiger partial charge in [-0.15, -0.1) is 0 Å². The average molecular weight is 271 g/mol. The number of anilines is 1. The third kappa shape index (κ3) is 3.09. The molecule has 2 N–H and O–H groups in total. The molecule has 0 aliphatic carbocycles. The van der Waals surface area contributed by atoms with Crippen LogP contribution in [0, 0.1) is 6.92 Å². The summed E-state index contributed by atoms with van der Waals surface area (Å²) < 4.78 is 10.5. The average Bonchev–Trinajstić information content (AvgIpc) is 2.89. The first kappa shape index (κ1) is 13.9. The standard InChI is InChI=1S/C16H17NO3/c1-3-19-16(18)10-8-12-7-9-15(20-12)13-5-4-6-14(17)11(13)2/h4-10H,3,17H2,1-2H3/b10-8+. The van der Waals surface area contributed by atoms with Crippen LogP contribution in [-0.4, -0.2) is 12.6 Å². The van der Waals surface area contributed by atoms with Crippen molar-refractivity contribution in [2.24, 2.45) is 0 Å². The summed E-state index contributed by atoms with van der Waals surface area (Å²) in [6, 6.07) is 9.33. The van der Waals surface area contributed by atoms with Gasteiger partial charge in [-0.2, -0.15) is 0 Å². The van der Waals surface area contributed by atoms with Crippen molar-refractivity contribution in [1.29, 1.82) is 0 Å². The van der Waals surface area contributed by atoms with Gasteiger partial charge in [0.15, 0.2) is 0 Å². The minimum atomic E-state index is -0.384. The topological polar surface area (TPSA) is 65.5 Å². The molecule has 2 rings (SSSR count). The highest BCUT2D eigenvalue weighted by molar-refractivity contribution is 5.86. The Kier molecular flexibility index (Phi) is 4.25. The highest BCUT2D eigenvalue weighted by Gasteiger charge is 2.08. The number of hydrogen-bond donors (Lipinski definition) is 1. The number of hydrogen-bond acceptors (Lipinski definition) is 4. The molecule has 0 bridgehead atoms. The van der Waals surface area contributed by atoms with E-state index in [2.05, 4.69) is 0 Å². The van der Waals surface area contributed by atoms with E-state index in [-0.39, 0.29) is 5.97 Å². The molecular weight excluding hydrogens is 254 g/mol. The van der Waals surface area contributed by atoms with Gasteiger partial charge in [0, 0.05) is 17.3 Å². The normalized spacial score (nSPS) is 10.9. The Morgan fingerprint density at radius 1 is 1.35 bits per heavy atom. The number of benzene rings is 1. The van der Waals surface area contributed by atoms with Gasteiger partial charge in [0.2, 0.25) is 0 Å². The Balaban J connectivity index is 2.21. The van der Waals surface area contributed by atoms with Crippen LogP contribution in [0.2, 0.25) is 0 Å². The number of nitrogens with two attached hydrogens (primary N) is 1. The first-order chi connectivity index (χ1) is 9.61. The Morgan fingerprint density at radius 3 is 2.90 bits per heavy atom. The quantitative estimate of drug-likeness (QED) is 0.525. The number of rotatable bonds is 4. The molecule has 1 aromatic heterocycles.